The second-order valence-electron chi connectivity index (χ2n) is 8.20. The van der Waals surface area contributed by atoms with Gasteiger partial charge < -0.3 is 15.5 Å². The summed E-state index contributed by atoms with van der Waals surface area (Å²) >= 11 is 3.78. The fraction of sp³-hybridized carbons (Fsp3) is 0.474. The Morgan fingerprint density at radius 3 is 2.46 bits per heavy atom. The third-order valence-electron chi connectivity index (χ3n) is 4.43. The first-order chi connectivity index (χ1) is 12.1. The number of aromatic hydroxyl groups is 2. The molecule has 0 saturated heterocycles. The lowest BCUT2D eigenvalue weighted by Gasteiger charge is -2.35. The Labute approximate surface area is 162 Å². The molecule has 1 aliphatic carbocycles. The molecule has 0 fully saturated rings. The number of phenols is 2. The zero-order chi connectivity index (χ0) is 19.1. The third kappa shape index (κ3) is 3.72. The molecule has 3 rings (SSSR count). The lowest BCUT2D eigenvalue weighted by molar-refractivity contribution is 0.239. The number of fused-ring (bicyclic) bond motifs is 1. The maximum atomic E-state index is 9.61. The summed E-state index contributed by atoms with van der Waals surface area (Å²) in [6, 6.07) is 4.57. The molecule has 2 atom stereocenters. The molecule has 140 valence electrons. The van der Waals surface area contributed by atoms with E-state index in [9.17, 15) is 10.2 Å². The van der Waals surface area contributed by atoms with E-state index >= 15 is 0 Å². The van der Waals surface area contributed by atoms with E-state index in [0.717, 1.165) is 23.5 Å². The Morgan fingerprint density at radius 2 is 1.85 bits per heavy atom. The number of phenolic OH excluding ortho intramolecular Hbond substituents is 2. The maximum Gasteiger partial charge on any atom is 0.140 e. The van der Waals surface area contributed by atoms with Gasteiger partial charge in [0.2, 0.25) is 0 Å². The topological polar surface area (TPSA) is 80.5 Å². The molecule has 7 heteroatoms. The van der Waals surface area contributed by atoms with Gasteiger partial charge in [0, 0.05) is 24.9 Å². The molecule has 1 aliphatic heterocycles. The zero-order valence-corrected chi connectivity index (χ0v) is 17.1. The Bertz CT molecular complexity index is 777. The van der Waals surface area contributed by atoms with Crippen molar-refractivity contribution in [3.8, 4) is 11.5 Å². The molecule has 2 aliphatic rings. The summed E-state index contributed by atoms with van der Waals surface area (Å²) in [6.07, 6.45) is 4.09. The Kier molecular flexibility index (Phi) is 4.77. The third-order valence-corrected chi connectivity index (χ3v) is 5.81. The normalized spacial score (nSPS) is 25.0. The Hall–Kier alpha value is -2.02. The van der Waals surface area contributed by atoms with Crippen molar-refractivity contribution in [3.63, 3.8) is 0 Å². The smallest absolute Gasteiger partial charge is 0.140 e. The molecule has 1 heterocycles. The van der Waals surface area contributed by atoms with E-state index in [4.69, 9.17) is 0 Å². The van der Waals surface area contributed by atoms with Crippen molar-refractivity contribution in [3.05, 3.63) is 47.3 Å². The van der Waals surface area contributed by atoms with Crippen molar-refractivity contribution in [2.45, 2.75) is 44.6 Å². The summed E-state index contributed by atoms with van der Waals surface area (Å²) in [5.41, 5.74) is 2.51. The number of hydrogen-bond donors (Lipinski definition) is 3. The number of hydrogen-bond acceptors (Lipinski definition) is 6. The van der Waals surface area contributed by atoms with Crippen LogP contribution < -0.4 is 5.32 Å². The lowest BCUT2D eigenvalue weighted by Crippen LogP contribution is -2.44. The minimum Gasteiger partial charge on any atom is -0.508 e. The van der Waals surface area contributed by atoms with Crippen molar-refractivity contribution in [2.24, 2.45) is 15.8 Å². The van der Waals surface area contributed by atoms with Gasteiger partial charge >= 0.3 is 0 Å². The second-order valence-corrected chi connectivity index (χ2v) is 9.12. The van der Waals surface area contributed by atoms with Gasteiger partial charge in [-0.1, -0.05) is 41.9 Å². The van der Waals surface area contributed by atoms with Crippen LogP contribution >= 0.6 is 15.9 Å². The van der Waals surface area contributed by atoms with E-state index < -0.39 is 5.54 Å². The van der Waals surface area contributed by atoms with Gasteiger partial charge in [-0.05, 0) is 42.2 Å². The van der Waals surface area contributed by atoms with E-state index in [1.807, 2.05) is 11.1 Å². The monoisotopic (exact) mass is 420 g/mol. The Morgan fingerprint density at radius 1 is 1.19 bits per heavy atom. The first kappa shape index (κ1) is 18.8. The number of benzene rings is 1. The largest absolute Gasteiger partial charge is 0.508 e. The highest BCUT2D eigenvalue weighted by Crippen LogP contribution is 2.44. The molecule has 1 aromatic carbocycles. The van der Waals surface area contributed by atoms with Gasteiger partial charge in [0.05, 0.1) is 10.5 Å². The molecule has 0 aromatic heterocycles. The van der Waals surface area contributed by atoms with Crippen LogP contribution in [0.1, 0.15) is 33.3 Å². The van der Waals surface area contributed by atoms with Crippen LogP contribution in [0, 0.1) is 5.41 Å². The molecule has 1 aromatic rings. The fourth-order valence-electron chi connectivity index (χ4n) is 3.18. The summed E-state index contributed by atoms with van der Waals surface area (Å²) in [6.45, 7) is 9.90. The SMILES string of the molecule is CC(C)(C)CN1N=NC2(C)C1=CC=C(NCc1cc(O)cc(O)c1)C2Br. The van der Waals surface area contributed by atoms with Crippen LogP contribution in [0.5, 0.6) is 11.5 Å². The standard InChI is InChI=1S/C19H25BrN4O2/c1-18(2,3)11-24-16-6-5-15(17(20)19(16,4)22-23-24)21-10-12-7-13(25)9-14(26)8-12/h5-9,17,21,25-26H,10-11H2,1-4H3. The van der Waals surface area contributed by atoms with E-state index in [1.165, 1.54) is 6.07 Å². The van der Waals surface area contributed by atoms with Crippen molar-refractivity contribution < 1.29 is 10.2 Å². The maximum absolute atomic E-state index is 9.61. The molecule has 0 spiro atoms. The quantitative estimate of drug-likeness (QED) is 0.636. The van der Waals surface area contributed by atoms with Gasteiger partial charge in [0.25, 0.3) is 0 Å². The molecule has 0 radical (unpaired) electrons. The predicted molar refractivity (Wildman–Crippen MR) is 105 cm³/mol. The number of allylic oxidation sites excluding steroid dienone is 2. The van der Waals surface area contributed by atoms with E-state index in [2.05, 4.69) is 65.4 Å². The molecule has 0 amide bonds. The van der Waals surface area contributed by atoms with Crippen LogP contribution in [0.15, 0.2) is 52.1 Å². The van der Waals surface area contributed by atoms with Crippen molar-refractivity contribution in [1.82, 2.24) is 10.3 Å². The van der Waals surface area contributed by atoms with E-state index in [-0.39, 0.29) is 21.7 Å². The number of alkyl halides is 1. The molecular weight excluding hydrogens is 396 g/mol. The van der Waals surface area contributed by atoms with E-state index in [0.29, 0.717) is 6.54 Å². The summed E-state index contributed by atoms with van der Waals surface area (Å²) in [5, 5.41) is 33.5. The van der Waals surface area contributed by atoms with Gasteiger partial charge in [-0.15, -0.1) is 0 Å². The van der Waals surface area contributed by atoms with Gasteiger partial charge in [-0.3, -0.25) is 0 Å². The summed E-state index contributed by atoms with van der Waals surface area (Å²) < 4.78 is 0. The van der Waals surface area contributed by atoms with Crippen LogP contribution in [0.2, 0.25) is 0 Å². The molecule has 26 heavy (non-hydrogen) atoms. The van der Waals surface area contributed by atoms with Crippen LogP contribution in [-0.4, -0.2) is 32.1 Å². The lowest BCUT2D eigenvalue weighted by atomic mass is 9.87. The Balaban J connectivity index is 1.77. The first-order valence-electron chi connectivity index (χ1n) is 8.61. The van der Waals surface area contributed by atoms with Crippen molar-refractivity contribution in [1.29, 1.82) is 0 Å². The highest BCUT2D eigenvalue weighted by atomic mass is 79.9. The summed E-state index contributed by atoms with van der Waals surface area (Å²) in [7, 11) is 0. The second kappa shape index (κ2) is 6.61. The average Bonchev–Trinajstić information content (AvgIpc) is 2.82. The van der Waals surface area contributed by atoms with Crippen LogP contribution in [0.3, 0.4) is 0 Å². The van der Waals surface area contributed by atoms with Crippen LogP contribution in [-0.2, 0) is 6.54 Å². The molecule has 6 nitrogen and oxygen atoms in total. The van der Waals surface area contributed by atoms with Gasteiger partial charge in [-0.25, -0.2) is 5.01 Å². The molecule has 3 N–H and O–H groups in total. The molecule has 0 bridgehead atoms. The number of rotatable bonds is 4. The predicted octanol–water partition coefficient (Wildman–Crippen LogP) is 4.22. The van der Waals surface area contributed by atoms with Gasteiger partial charge in [-0.2, -0.15) is 5.11 Å². The van der Waals surface area contributed by atoms with Crippen molar-refractivity contribution in [2.75, 3.05) is 6.54 Å². The number of nitrogens with one attached hydrogen (secondary N) is 1. The number of nitrogens with zero attached hydrogens (tertiary/aromatic N) is 3. The number of halogens is 1. The van der Waals surface area contributed by atoms with Crippen LogP contribution in [0.25, 0.3) is 0 Å². The molecule has 2 unspecified atom stereocenters. The average molecular weight is 421 g/mol. The summed E-state index contributed by atoms with van der Waals surface area (Å²) in [5.74, 6) is 0.0951. The minimum atomic E-state index is -0.469. The highest BCUT2D eigenvalue weighted by molar-refractivity contribution is 9.09. The zero-order valence-electron chi connectivity index (χ0n) is 15.5. The molecule has 0 saturated carbocycles. The van der Waals surface area contributed by atoms with Crippen LogP contribution in [0.4, 0.5) is 0 Å². The van der Waals surface area contributed by atoms with Crippen molar-refractivity contribution >= 4 is 15.9 Å². The minimum absolute atomic E-state index is 0.0466. The van der Waals surface area contributed by atoms with Gasteiger partial charge in [0.15, 0.2) is 0 Å². The fourth-order valence-corrected chi connectivity index (χ4v) is 3.82. The summed E-state index contributed by atoms with van der Waals surface area (Å²) in [4.78, 5) is -0.0466. The molecular formula is C19H25BrN4O2. The highest BCUT2D eigenvalue weighted by Gasteiger charge is 2.47. The first-order valence-corrected chi connectivity index (χ1v) is 9.53. The van der Waals surface area contributed by atoms with Gasteiger partial charge in [0.1, 0.15) is 17.0 Å². The van der Waals surface area contributed by atoms with E-state index in [1.54, 1.807) is 12.1 Å².